The van der Waals surface area contributed by atoms with Gasteiger partial charge in [0.1, 0.15) is 0 Å². The number of hydrogen-bond acceptors (Lipinski definition) is 1. The summed E-state index contributed by atoms with van der Waals surface area (Å²) in [7, 11) is 0. The monoisotopic (exact) mass is 233 g/mol. The fourth-order valence-corrected chi connectivity index (χ4v) is 1.78. The van der Waals surface area contributed by atoms with Crippen LogP contribution in [0.5, 0.6) is 0 Å². The van der Waals surface area contributed by atoms with E-state index in [1.54, 1.807) is 0 Å². The molecule has 2 heteroatoms. The van der Waals surface area contributed by atoms with Crippen LogP contribution in [-0.2, 0) is 11.2 Å². The first-order valence-corrected chi connectivity index (χ1v) is 6.55. The van der Waals surface area contributed by atoms with Crippen LogP contribution in [0.15, 0.2) is 30.3 Å². The van der Waals surface area contributed by atoms with Gasteiger partial charge in [-0.25, -0.2) is 0 Å². The number of carbonyl (C=O) groups is 1. The Morgan fingerprint density at radius 3 is 2.65 bits per heavy atom. The number of benzene rings is 1. The molecule has 94 valence electrons. The minimum atomic E-state index is 0.187. The Morgan fingerprint density at radius 1 is 1.29 bits per heavy atom. The molecule has 0 aliphatic carbocycles. The molecule has 1 amide bonds. The molecule has 1 aromatic rings. The molecule has 0 saturated carbocycles. The van der Waals surface area contributed by atoms with Gasteiger partial charge in [0.15, 0.2) is 0 Å². The van der Waals surface area contributed by atoms with E-state index in [4.69, 9.17) is 0 Å². The van der Waals surface area contributed by atoms with Gasteiger partial charge in [-0.1, -0.05) is 43.7 Å². The second-order valence-corrected chi connectivity index (χ2v) is 4.60. The predicted molar refractivity (Wildman–Crippen MR) is 71.9 cm³/mol. The predicted octanol–water partition coefficient (Wildman–Crippen LogP) is 3.31. The first kappa shape index (κ1) is 13.8. The fraction of sp³-hybridized carbons (Fsp3) is 0.533. The van der Waals surface area contributed by atoms with Crippen LogP contribution < -0.4 is 5.32 Å². The zero-order chi connectivity index (χ0) is 12.5. The summed E-state index contributed by atoms with van der Waals surface area (Å²) in [6, 6.07) is 10.7. The van der Waals surface area contributed by atoms with Gasteiger partial charge in [0, 0.05) is 12.5 Å². The van der Waals surface area contributed by atoms with Crippen LogP contribution in [0.1, 0.15) is 45.1 Å². The first-order valence-electron chi connectivity index (χ1n) is 6.55. The van der Waals surface area contributed by atoms with E-state index in [2.05, 4.69) is 43.4 Å². The molecule has 1 atom stereocenters. The van der Waals surface area contributed by atoms with Gasteiger partial charge in [-0.15, -0.1) is 0 Å². The third kappa shape index (κ3) is 6.10. The topological polar surface area (TPSA) is 29.1 Å². The average Bonchev–Trinajstić information content (AvgIpc) is 2.35. The van der Waals surface area contributed by atoms with E-state index < -0.39 is 0 Å². The second kappa shape index (κ2) is 7.88. The maximum absolute atomic E-state index is 11.5. The third-order valence-electron chi connectivity index (χ3n) is 2.87. The van der Waals surface area contributed by atoms with Gasteiger partial charge >= 0.3 is 0 Å². The molecule has 1 rings (SSSR count). The Labute approximate surface area is 104 Å². The van der Waals surface area contributed by atoms with Crippen molar-refractivity contribution >= 4 is 5.91 Å². The fourth-order valence-electron chi connectivity index (χ4n) is 1.78. The van der Waals surface area contributed by atoms with Crippen molar-refractivity contribution in [3.63, 3.8) is 0 Å². The highest BCUT2D eigenvalue weighted by atomic mass is 16.1. The van der Waals surface area contributed by atoms with Crippen molar-refractivity contribution in [2.24, 2.45) is 0 Å². The highest BCUT2D eigenvalue weighted by molar-refractivity contribution is 5.76. The van der Waals surface area contributed by atoms with Crippen molar-refractivity contribution in [3.05, 3.63) is 35.9 Å². The van der Waals surface area contributed by atoms with Gasteiger partial charge in [0.2, 0.25) is 5.91 Å². The summed E-state index contributed by atoms with van der Waals surface area (Å²) in [5, 5.41) is 3.05. The Morgan fingerprint density at radius 2 is 2.00 bits per heavy atom. The molecule has 0 spiro atoms. The van der Waals surface area contributed by atoms with Gasteiger partial charge in [0.05, 0.1) is 0 Å². The van der Waals surface area contributed by atoms with Crippen molar-refractivity contribution < 1.29 is 4.79 Å². The average molecular weight is 233 g/mol. The van der Waals surface area contributed by atoms with Gasteiger partial charge in [-0.05, 0) is 31.7 Å². The standard InChI is InChI=1S/C15H23NO/c1-3-4-10-15(17)16-13(2)11-12-14-8-6-5-7-9-14/h5-9,13H,3-4,10-12H2,1-2H3,(H,16,17). The lowest BCUT2D eigenvalue weighted by Crippen LogP contribution is -2.32. The van der Waals surface area contributed by atoms with E-state index in [0.717, 1.165) is 25.7 Å². The van der Waals surface area contributed by atoms with Crippen molar-refractivity contribution in [1.29, 1.82) is 0 Å². The largest absolute Gasteiger partial charge is 0.354 e. The normalized spacial score (nSPS) is 12.1. The molecule has 0 radical (unpaired) electrons. The molecule has 0 bridgehead atoms. The highest BCUT2D eigenvalue weighted by Gasteiger charge is 2.06. The van der Waals surface area contributed by atoms with Gasteiger partial charge in [-0.2, -0.15) is 0 Å². The number of unbranched alkanes of at least 4 members (excludes halogenated alkanes) is 1. The van der Waals surface area contributed by atoms with E-state index in [-0.39, 0.29) is 11.9 Å². The lowest BCUT2D eigenvalue weighted by molar-refractivity contribution is -0.121. The van der Waals surface area contributed by atoms with E-state index >= 15 is 0 Å². The first-order chi connectivity index (χ1) is 8.22. The van der Waals surface area contributed by atoms with E-state index in [0.29, 0.717) is 6.42 Å². The smallest absolute Gasteiger partial charge is 0.220 e. The Balaban J connectivity index is 2.21. The Hall–Kier alpha value is -1.31. The third-order valence-corrected chi connectivity index (χ3v) is 2.87. The minimum absolute atomic E-state index is 0.187. The van der Waals surface area contributed by atoms with Gasteiger partial charge < -0.3 is 5.32 Å². The lowest BCUT2D eigenvalue weighted by atomic mass is 10.1. The van der Waals surface area contributed by atoms with Crippen molar-refractivity contribution in [3.8, 4) is 0 Å². The molecular formula is C15H23NO. The van der Waals surface area contributed by atoms with Gasteiger partial charge in [-0.3, -0.25) is 4.79 Å². The summed E-state index contributed by atoms with van der Waals surface area (Å²) >= 11 is 0. The molecule has 1 aromatic carbocycles. The van der Waals surface area contributed by atoms with E-state index in [1.165, 1.54) is 5.56 Å². The van der Waals surface area contributed by atoms with Crippen molar-refractivity contribution in [2.75, 3.05) is 0 Å². The Kier molecular flexibility index (Phi) is 6.38. The molecule has 0 fully saturated rings. The van der Waals surface area contributed by atoms with Crippen LogP contribution in [0, 0.1) is 0 Å². The quantitative estimate of drug-likeness (QED) is 0.769. The summed E-state index contributed by atoms with van der Waals surface area (Å²) in [4.78, 5) is 11.5. The number of hydrogen-bond donors (Lipinski definition) is 1. The molecule has 1 N–H and O–H groups in total. The number of nitrogens with one attached hydrogen (secondary N) is 1. The van der Waals surface area contributed by atoms with Crippen LogP contribution in [0.3, 0.4) is 0 Å². The zero-order valence-corrected chi connectivity index (χ0v) is 10.9. The molecule has 2 nitrogen and oxygen atoms in total. The number of carbonyl (C=O) groups excluding carboxylic acids is 1. The summed E-state index contributed by atoms with van der Waals surface area (Å²) < 4.78 is 0. The minimum Gasteiger partial charge on any atom is -0.354 e. The molecule has 0 aliphatic heterocycles. The van der Waals surface area contributed by atoms with Crippen LogP contribution in [0.4, 0.5) is 0 Å². The van der Waals surface area contributed by atoms with Gasteiger partial charge in [0.25, 0.3) is 0 Å². The maximum Gasteiger partial charge on any atom is 0.220 e. The molecule has 0 heterocycles. The zero-order valence-electron chi connectivity index (χ0n) is 10.9. The number of aryl methyl sites for hydroxylation is 1. The SMILES string of the molecule is CCCCC(=O)NC(C)CCc1ccccc1. The van der Waals surface area contributed by atoms with Crippen LogP contribution in [0.2, 0.25) is 0 Å². The summed E-state index contributed by atoms with van der Waals surface area (Å²) in [5.74, 6) is 0.187. The molecule has 0 aliphatic rings. The molecule has 1 unspecified atom stereocenters. The lowest BCUT2D eigenvalue weighted by Gasteiger charge is -2.13. The second-order valence-electron chi connectivity index (χ2n) is 4.60. The number of rotatable bonds is 7. The summed E-state index contributed by atoms with van der Waals surface area (Å²) in [5.41, 5.74) is 1.34. The molecule has 0 aromatic heterocycles. The van der Waals surface area contributed by atoms with Crippen LogP contribution in [-0.4, -0.2) is 11.9 Å². The van der Waals surface area contributed by atoms with Crippen LogP contribution >= 0.6 is 0 Å². The van der Waals surface area contributed by atoms with E-state index in [9.17, 15) is 4.79 Å². The van der Waals surface area contributed by atoms with Crippen molar-refractivity contribution in [2.45, 2.75) is 52.0 Å². The van der Waals surface area contributed by atoms with E-state index in [1.807, 2.05) is 6.07 Å². The highest BCUT2D eigenvalue weighted by Crippen LogP contribution is 2.05. The van der Waals surface area contributed by atoms with Crippen molar-refractivity contribution in [1.82, 2.24) is 5.32 Å². The van der Waals surface area contributed by atoms with Crippen LogP contribution in [0.25, 0.3) is 0 Å². The summed E-state index contributed by atoms with van der Waals surface area (Å²) in [6.45, 7) is 4.18. The number of amides is 1. The Bertz CT molecular complexity index is 321. The molecule has 17 heavy (non-hydrogen) atoms. The maximum atomic E-state index is 11.5. The summed E-state index contributed by atoms with van der Waals surface area (Å²) in [6.07, 6.45) is 4.74. The molecular weight excluding hydrogens is 210 g/mol. The molecule has 0 saturated heterocycles.